The first kappa shape index (κ1) is 18.9. The number of hydrogen-bond acceptors (Lipinski definition) is 4. The second kappa shape index (κ2) is 7.56. The lowest BCUT2D eigenvalue weighted by molar-refractivity contribution is 0.417. The summed E-state index contributed by atoms with van der Waals surface area (Å²) in [6.07, 6.45) is 3.76. The molecule has 4 rings (SSSR count). The summed E-state index contributed by atoms with van der Waals surface area (Å²) in [6, 6.07) is 16.2. The van der Waals surface area contributed by atoms with Crippen molar-refractivity contribution in [2.24, 2.45) is 0 Å². The monoisotopic (exact) mass is 411 g/mol. The summed E-state index contributed by atoms with van der Waals surface area (Å²) in [5.74, 6) is -0.309. The lowest BCUT2D eigenvalue weighted by atomic mass is 10.1. The Labute approximate surface area is 167 Å². The molecule has 0 spiro atoms. The lowest BCUT2D eigenvalue weighted by Crippen LogP contribution is -2.15. The van der Waals surface area contributed by atoms with Crippen LogP contribution in [0.15, 0.2) is 73.1 Å². The molecule has 1 N–H and O–H groups in total. The third-order valence-corrected chi connectivity index (χ3v) is 5.64. The third-order valence-electron chi connectivity index (χ3n) is 4.39. The van der Waals surface area contributed by atoms with Crippen molar-refractivity contribution in [1.29, 1.82) is 0 Å². The molecule has 0 saturated carbocycles. The first-order valence-electron chi connectivity index (χ1n) is 8.81. The van der Waals surface area contributed by atoms with Gasteiger partial charge < -0.3 is 9.14 Å². The van der Waals surface area contributed by atoms with Crippen LogP contribution in [0.2, 0.25) is 0 Å². The molecule has 0 aliphatic carbocycles. The zero-order chi connectivity index (χ0) is 20.4. The Bertz CT molecular complexity index is 1240. The van der Waals surface area contributed by atoms with Crippen molar-refractivity contribution in [3.05, 3.63) is 84.4 Å². The van der Waals surface area contributed by atoms with E-state index in [9.17, 15) is 12.8 Å². The second-order valence-electron chi connectivity index (χ2n) is 6.49. The van der Waals surface area contributed by atoms with Gasteiger partial charge in [-0.2, -0.15) is 0 Å². The van der Waals surface area contributed by atoms with Crippen molar-refractivity contribution in [3.8, 4) is 17.0 Å². The number of hydrogen-bond donors (Lipinski definition) is 1. The quantitative estimate of drug-likeness (QED) is 0.519. The van der Waals surface area contributed by atoms with E-state index in [1.807, 2.05) is 41.1 Å². The Morgan fingerprint density at radius 2 is 1.90 bits per heavy atom. The fourth-order valence-electron chi connectivity index (χ4n) is 3.02. The molecule has 8 heteroatoms. The van der Waals surface area contributed by atoms with Crippen LogP contribution in [0.1, 0.15) is 5.56 Å². The predicted molar refractivity (Wildman–Crippen MR) is 110 cm³/mol. The normalized spacial score (nSPS) is 11.5. The maximum atomic E-state index is 13.1. The molecule has 0 radical (unpaired) electrons. The molecule has 0 bridgehead atoms. The van der Waals surface area contributed by atoms with Gasteiger partial charge in [-0.25, -0.2) is 17.8 Å². The summed E-state index contributed by atoms with van der Waals surface area (Å²) in [4.78, 5) is 4.56. The molecule has 0 saturated heterocycles. The molecule has 29 heavy (non-hydrogen) atoms. The van der Waals surface area contributed by atoms with Crippen LogP contribution in [0, 0.1) is 5.82 Å². The van der Waals surface area contributed by atoms with Gasteiger partial charge in [0.2, 0.25) is 10.0 Å². The Hall–Kier alpha value is -3.39. The van der Waals surface area contributed by atoms with Crippen LogP contribution in [0.4, 0.5) is 10.1 Å². The number of rotatable bonds is 6. The van der Waals surface area contributed by atoms with Crippen LogP contribution in [-0.2, 0) is 15.8 Å². The van der Waals surface area contributed by atoms with E-state index in [-0.39, 0.29) is 5.75 Å². The number of nitrogens with zero attached hydrogens (tertiary/aromatic N) is 2. The Kier molecular flexibility index (Phi) is 4.94. The zero-order valence-corrected chi connectivity index (χ0v) is 16.4. The van der Waals surface area contributed by atoms with Crippen molar-refractivity contribution >= 4 is 21.4 Å². The highest BCUT2D eigenvalue weighted by Gasteiger charge is 2.16. The SMILES string of the molecule is COc1ccc(-c2cn3ccccc3n2)cc1NS(=O)(=O)Cc1ccc(F)cc1. The summed E-state index contributed by atoms with van der Waals surface area (Å²) < 4.78 is 48.1. The Morgan fingerprint density at radius 3 is 2.62 bits per heavy atom. The van der Waals surface area contributed by atoms with Gasteiger partial charge in [-0.15, -0.1) is 0 Å². The van der Waals surface area contributed by atoms with Crippen LogP contribution in [0.5, 0.6) is 5.75 Å². The minimum atomic E-state index is -3.73. The van der Waals surface area contributed by atoms with Crippen LogP contribution in [0.25, 0.3) is 16.9 Å². The van der Waals surface area contributed by atoms with Crippen LogP contribution >= 0.6 is 0 Å². The summed E-state index contributed by atoms with van der Waals surface area (Å²) in [7, 11) is -2.26. The molecule has 0 aliphatic heterocycles. The average molecular weight is 411 g/mol. The van der Waals surface area contributed by atoms with Gasteiger partial charge in [-0.3, -0.25) is 4.72 Å². The molecule has 4 aromatic rings. The molecule has 2 aromatic heterocycles. The largest absolute Gasteiger partial charge is 0.495 e. The van der Waals surface area contributed by atoms with Crippen molar-refractivity contribution < 1.29 is 17.5 Å². The number of anilines is 1. The van der Waals surface area contributed by atoms with E-state index < -0.39 is 15.8 Å². The minimum Gasteiger partial charge on any atom is -0.495 e. The summed E-state index contributed by atoms with van der Waals surface area (Å²) in [5.41, 5.74) is 3.03. The molecule has 2 aromatic carbocycles. The number of pyridine rings is 1. The first-order valence-corrected chi connectivity index (χ1v) is 10.5. The molecule has 0 amide bonds. The predicted octanol–water partition coefficient (Wildman–Crippen LogP) is 4.09. The Morgan fingerprint density at radius 1 is 1.10 bits per heavy atom. The van der Waals surface area contributed by atoms with Gasteiger partial charge in [0.1, 0.15) is 17.2 Å². The van der Waals surface area contributed by atoms with Crippen molar-refractivity contribution in [1.82, 2.24) is 9.38 Å². The molecular formula is C21H18FN3O3S. The maximum absolute atomic E-state index is 13.1. The summed E-state index contributed by atoms with van der Waals surface area (Å²) in [5, 5.41) is 0. The number of ether oxygens (including phenoxy) is 1. The number of sulfonamides is 1. The highest BCUT2D eigenvalue weighted by molar-refractivity contribution is 7.91. The Balaban J connectivity index is 1.65. The number of nitrogens with one attached hydrogen (secondary N) is 1. The summed E-state index contributed by atoms with van der Waals surface area (Å²) in [6.45, 7) is 0. The fourth-order valence-corrected chi connectivity index (χ4v) is 4.22. The number of benzene rings is 2. The molecule has 6 nitrogen and oxygen atoms in total. The third kappa shape index (κ3) is 4.22. The van der Waals surface area contributed by atoms with Gasteiger partial charge in [0.25, 0.3) is 0 Å². The number of aromatic nitrogens is 2. The van der Waals surface area contributed by atoms with Gasteiger partial charge >= 0.3 is 0 Å². The minimum absolute atomic E-state index is 0.283. The number of methoxy groups -OCH3 is 1. The number of halogens is 1. The van der Waals surface area contributed by atoms with Gasteiger partial charge in [-0.05, 0) is 48.0 Å². The molecule has 0 aliphatic rings. The summed E-state index contributed by atoms with van der Waals surface area (Å²) >= 11 is 0. The van der Waals surface area contributed by atoms with E-state index in [4.69, 9.17) is 4.74 Å². The van der Waals surface area contributed by atoms with Crippen molar-refractivity contribution in [2.45, 2.75) is 5.75 Å². The second-order valence-corrected chi connectivity index (χ2v) is 8.22. The molecule has 0 fully saturated rings. The van der Waals surface area contributed by atoms with Crippen LogP contribution in [-0.4, -0.2) is 24.9 Å². The van der Waals surface area contributed by atoms with Gasteiger partial charge in [0, 0.05) is 18.0 Å². The number of fused-ring (bicyclic) bond motifs is 1. The molecule has 0 unspecified atom stereocenters. The van der Waals surface area contributed by atoms with E-state index in [2.05, 4.69) is 9.71 Å². The average Bonchev–Trinajstić information content (AvgIpc) is 3.13. The van der Waals surface area contributed by atoms with E-state index >= 15 is 0 Å². The standard InChI is InChI=1S/C21H18FN3O3S/c1-28-20-10-7-16(19-13-25-11-3-2-4-21(25)23-19)12-18(20)24-29(26,27)14-15-5-8-17(22)9-6-15/h2-13,24H,14H2,1H3. The van der Waals surface area contributed by atoms with Gasteiger partial charge in [0.15, 0.2) is 0 Å². The smallest absolute Gasteiger partial charge is 0.237 e. The van der Waals surface area contributed by atoms with Crippen molar-refractivity contribution in [2.75, 3.05) is 11.8 Å². The first-order chi connectivity index (χ1) is 13.9. The van der Waals surface area contributed by atoms with Gasteiger partial charge in [0.05, 0.1) is 24.2 Å². The van der Waals surface area contributed by atoms with Crippen LogP contribution < -0.4 is 9.46 Å². The molecule has 148 valence electrons. The highest BCUT2D eigenvalue weighted by Crippen LogP contribution is 2.31. The number of imidazole rings is 1. The van der Waals surface area contributed by atoms with E-state index in [0.29, 0.717) is 22.7 Å². The fraction of sp³-hybridized carbons (Fsp3) is 0.0952. The van der Waals surface area contributed by atoms with Crippen molar-refractivity contribution in [3.63, 3.8) is 0 Å². The maximum Gasteiger partial charge on any atom is 0.237 e. The zero-order valence-electron chi connectivity index (χ0n) is 15.5. The molecule has 0 atom stereocenters. The van der Waals surface area contributed by atoms with Gasteiger partial charge in [-0.1, -0.05) is 18.2 Å². The van der Waals surface area contributed by atoms with E-state index in [1.54, 1.807) is 12.1 Å². The molecule has 2 heterocycles. The van der Waals surface area contributed by atoms with E-state index in [0.717, 1.165) is 11.2 Å². The molecular weight excluding hydrogens is 393 g/mol. The van der Waals surface area contributed by atoms with Crippen LogP contribution in [0.3, 0.4) is 0 Å². The highest BCUT2D eigenvalue weighted by atomic mass is 32.2. The topological polar surface area (TPSA) is 72.7 Å². The lowest BCUT2D eigenvalue weighted by Gasteiger charge is -2.13. The van der Waals surface area contributed by atoms with E-state index in [1.165, 1.54) is 31.4 Å².